The van der Waals surface area contributed by atoms with Crippen molar-refractivity contribution < 1.29 is 23.5 Å². The molecule has 3 amide bonds. The third kappa shape index (κ3) is 4.35. The van der Waals surface area contributed by atoms with Gasteiger partial charge in [0.25, 0.3) is 0 Å². The molecule has 2 N–H and O–H groups in total. The van der Waals surface area contributed by atoms with E-state index < -0.39 is 29.6 Å². The molecule has 0 unspecified atom stereocenters. The summed E-state index contributed by atoms with van der Waals surface area (Å²) in [7, 11) is 0. The number of amides is 3. The van der Waals surface area contributed by atoms with Crippen molar-refractivity contribution >= 4 is 39.3 Å². The zero-order chi connectivity index (χ0) is 26.4. The first-order chi connectivity index (χ1) is 18.4. The number of likely N-dealkylation sites (tertiary alicyclic amines) is 1. The molecule has 2 saturated heterocycles. The van der Waals surface area contributed by atoms with Gasteiger partial charge in [-0.1, -0.05) is 59.5 Å². The van der Waals surface area contributed by atoms with Crippen molar-refractivity contribution in [3.8, 4) is 0 Å². The van der Waals surface area contributed by atoms with Crippen molar-refractivity contribution in [3.05, 3.63) is 76.5 Å². The fraction of sp³-hybridized carbons (Fsp3) is 0.414. The Bertz CT molecular complexity index is 1280. The summed E-state index contributed by atoms with van der Waals surface area (Å²) in [6.45, 7) is 0.114. The van der Waals surface area contributed by atoms with E-state index in [9.17, 15) is 18.8 Å². The van der Waals surface area contributed by atoms with E-state index in [1.165, 1.54) is 17.0 Å². The van der Waals surface area contributed by atoms with Gasteiger partial charge in [0.1, 0.15) is 17.5 Å². The van der Waals surface area contributed by atoms with Gasteiger partial charge in [0, 0.05) is 22.7 Å². The summed E-state index contributed by atoms with van der Waals surface area (Å²) in [6, 6.07) is 12.2. The Morgan fingerprint density at radius 1 is 1.03 bits per heavy atom. The van der Waals surface area contributed by atoms with Gasteiger partial charge in [0.15, 0.2) is 0 Å². The molecule has 7 nitrogen and oxygen atoms in total. The lowest BCUT2D eigenvalue weighted by molar-refractivity contribution is -0.142. The van der Waals surface area contributed by atoms with Crippen molar-refractivity contribution in [1.29, 1.82) is 0 Å². The molecule has 1 aliphatic carbocycles. The molecule has 5 atom stereocenters. The number of ether oxygens (including phenoxy) is 1. The SMILES string of the molecule is O=C(Nc1ccc(Br)cc1)[C@@H]1[C@H]2C=C[C@]3(O2)[C@H](C(=O)NC2CCCCC2)N(Cc2ccc(F)cc2)C(=O)[C@@H]13. The van der Waals surface area contributed by atoms with Gasteiger partial charge in [0.05, 0.1) is 17.9 Å². The summed E-state index contributed by atoms with van der Waals surface area (Å²) in [5.41, 5.74) is 0.0719. The van der Waals surface area contributed by atoms with Crippen LogP contribution in [0.5, 0.6) is 0 Å². The molecule has 4 aliphatic rings. The van der Waals surface area contributed by atoms with Gasteiger partial charge in [-0.3, -0.25) is 14.4 Å². The standard InChI is InChI=1S/C29H29BrFN3O4/c30-18-8-12-21(13-9-18)32-26(35)23-22-14-15-29(38-22)24(23)28(37)34(16-17-6-10-19(31)11-7-17)25(29)27(36)33-20-4-2-1-3-5-20/h6-15,20,22-25H,1-5,16H2,(H,32,35)(H,33,36)/t22-,23-,24-,25+,29-/m1/s1. The average Bonchev–Trinajstić information content (AvgIpc) is 3.55. The molecule has 2 bridgehead atoms. The number of nitrogens with zero attached hydrogens (tertiary/aromatic N) is 1. The number of carbonyl (C=O) groups is 3. The molecule has 3 heterocycles. The molecule has 1 saturated carbocycles. The molecule has 2 aromatic rings. The maximum atomic E-state index is 14.0. The summed E-state index contributed by atoms with van der Waals surface area (Å²) in [4.78, 5) is 42.9. The largest absolute Gasteiger partial charge is 0.359 e. The summed E-state index contributed by atoms with van der Waals surface area (Å²) >= 11 is 3.39. The van der Waals surface area contributed by atoms with Crippen molar-refractivity contribution in [2.45, 2.75) is 62.4 Å². The second-order valence-corrected chi connectivity index (χ2v) is 11.5. The van der Waals surface area contributed by atoms with Gasteiger partial charge >= 0.3 is 0 Å². The maximum absolute atomic E-state index is 14.0. The number of anilines is 1. The summed E-state index contributed by atoms with van der Waals surface area (Å²) < 4.78 is 20.8. The number of benzene rings is 2. The van der Waals surface area contributed by atoms with Crippen LogP contribution in [0.4, 0.5) is 10.1 Å². The Balaban J connectivity index is 1.32. The zero-order valence-electron chi connectivity index (χ0n) is 20.7. The molecule has 1 spiro atoms. The zero-order valence-corrected chi connectivity index (χ0v) is 22.3. The van der Waals surface area contributed by atoms with Crippen LogP contribution >= 0.6 is 15.9 Å². The van der Waals surface area contributed by atoms with Gasteiger partial charge in [-0.25, -0.2) is 4.39 Å². The first kappa shape index (κ1) is 25.2. The van der Waals surface area contributed by atoms with E-state index in [0.717, 1.165) is 36.6 Å². The van der Waals surface area contributed by atoms with E-state index in [1.807, 2.05) is 12.1 Å². The Hall–Kier alpha value is -3.04. The minimum atomic E-state index is -1.23. The molecule has 198 valence electrons. The molecule has 0 aromatic heterocycles. The first-order valence-corrected chi connectivity index (χ1v) is 13.9. The van der Waals surface area contributed by atoms with E-state index in [0.29, 0.717) is 11.3 Å². The van der Waals surface area contributed by atoms with Gasteiger partial charge in [-0.15, -0.1) is 0 Å². The topological polar surface area (TPSA) is 87.7 Å². The van der Waals surface area contributed by atoms with Crippen LogP contribution in [0.1, 0.15) is 37.7 Å². The van der Waals surface area contributed by atoms with E-state index in [4.69, 9.17) is 4.74 Å². The molecule has 3 fully saturated rings. The smallest absolute Gasteiger partial charge is 0.246 e. The first-order valence-electron chi connectivity index (χ1n) is 13.1. The second-order valence-electron chi connectivity index (χ2n) is 10.6. The fourth-order valence-electron chi connectivity index (χ4n) is 6.51. The lowest BCUT2D eigenvalue weighted by Crippen LogP contribution is -2.56. The maximum Gasteiger partial charge on any atom is 0.246 e. The van der Waals surface area contributed by atoms with Gasteiger partial charge in [-0.2, -0.15) is 0 Å². The van der Waals surface area contributed by atoms with Gasteiger partial charge in [-0.05, 0) is 54.8 Å². The normalized spacial score (nSPS) is 29.9. The quantitative estimate of drug-likeness (QED) is 0.497. The van der Waals surface area contributed by atoms with Crippen LogP contribution in [-0.2, 0) is 25.7 Å². The number of carbonyl (C=O) groups excluding carboxylic acids is 3. The Morgan fingerprint density at radius 2 is 1.74 bits per heavy atom. The molecule has 6 rings (SSSR count). The Labute approximate surface area is 228 Å². The minimum absolute atomic E-state index is 0.0496. The predicted octanol–water partition coefficient (Wildman–Crippen LogP) is 4.33. The van der Waals surface area contributed by atoms with Crippen LogP contribution in [0, 0.1) is 17.7 Å². The average molecular weight is 582 g/mol. The van der Waals surface area contributed by atoms with Crippen LogP contribution in [-0.4, -0.2) is 46.4 Å². The molecule has 9 heteroatoms. The third-order valence-electron chi connectivity index (χ3n) is 8.25. The van der Waals surface area contributed by atoms with Crippen LogP contribution in [0.3, 0.4) is 0 Å². The fourth-order valence-corrected chi connectivity index (χ4v) is 6.77. The highest BCUT2D eigenvalue weighted by atomic mass is 79.9. The molecular formula is C29H29BrFN3O4. The van der Waals surface area contributed by atoms with Crippen LogP contribution in [0.15, 0.2) is 65.2 Å². The third-order valence-corrected chi connectivity index (χ3v) is 8.78. The van der Waals surface area contributed by atoms with Crippen LogP contribution in [0.25, 0.3) is 0 Å². The summed E-state index contributed by atoms with van der Waals surface area (Å²) in [5.74, 6) is -2.89. The van der Waals surface area contributed by atoms with Gasteiger partial charge in [0.2, 0.25) is 17.7 Å². The Kier molecular flexibility index (Phi) is 6.60. The van der Waals surface area contributed by atoms with Crippen molar-refractivity contribution in [3.63, 3.8) is 0 Å². The monoisotopic (exact) mass is 581 g/mol. The van der Waals surface area contributed by atoms with Crippen molar-refractivity contribution in [2.24, 2.45) is 11.8 Å². The minimum Gasteiger partial charge on any atom is -0.359 e. The highest BCUT2D eigenvalue weighted by Crippen LogP contribution is 2.55. The summed E-state index contributed by atoms with van der Waals surface area (Å²) in [5, 5.41) is 6.09. The molecule has 3 aliphatic heterocycles. The summed E-state index contributed by atoms with van der Waals surface area (Å²) in [6.07, 6.45) is 8.07. The lowest BCUT2D eigenvalue weighted by Gasteiger charge is -2.34. The van der Waals surface area contributed by atoms with Crippen molar-refractivity contribution in [2.75, 3.05) is 5.32 Å². The highest BCUT2D eigenvalue weighted by molar-refractivity contribution is 9.10. The van der Waals surface area contributed by atoms with Crippen molar-refractivity contribution in [1.82, 2.24) is 10.2 Å². The van der Waals surface area contributed by atoms with E-state index in [-0.39, 0.29) is 36.1 Å². The number of fused-ring (bicyclic) bond motifs is 1. The number of hydrogen-bond donors (Lipinski definition) is 2. The second kappa shape index (κ2) is 9.93. The molecule has 2 aromatic carbocycles. The van der Waals surface area contributed by atoms with Crippen LogP contribution in [0.2, 0.25) is 0 Å². The molecule has 38 heavy (non-hydrogen) atoms. The number of nitrogens with one attached hydrogen (secondary N) is 2. The highest BCUT2D eigenvalue weighted by Gasteiger charge is 2.72. The number of rotatable bonds is 6. The lowest BCUT2D eigenvalue weighted by atomic mass is 9.74. The van der Waals surface area contributed by atoms with E-state index in [2.05, 4.69) is 26.6 Å². The molecule has 0 radical (unpaired) electrons. The molecular weight excluding hydrogens is 553 g/mol. The Morgan fingerprint density at radius 3 is 2.45 bits per heavy atom. The van der Waals surface area contributed by atoms with Crippen LogP contribution < -0.4 is 10.6 Å². The predicted molar refractivity (Wildman–Crippen MR) is 142 cm³/mol. The van der Waals surface area contributed by atoms with E-state index in [1.54, 1.807) is 36.4 Å². The number of halogens is 2. The van der Waals surface area contributed by atoms with E-state index >= 15 is 0 Å². The number of hydrogen-bond acceptors (Lipinski definition) is 4. The van der Waals surface area contributed by atoms with Gasteiger partial charge < -0.3 is 20.3 Å².